The van der Waals surface area contributed by atoms with Gasteiger partial charge in [-0.15, -0.1) is 11.3 Å². The average molecular weight is 326 g/mol. The number of alkyl halides is 3. The zero-order chi connectivity index (χ0) is 16.2. The molecule has 0 amide bonds. The smallest absolute Gasteiger partial charge is 0.376 e. The zero-order valence-corrected chi connectivity index (χ0v) is 12.2. The normalized spacial score (nSPS) is 14.9. The molecule has 1 N–H and O–H groups in total. The van der Waals surface area contributed by atoms with Crippen LogP contribution in [0.4, 0.5) is 13.2 Å². The van der Waals surface area contributed by atoms with Gasteiger partial charge in [0.15, 0.2) is 11.4 Å². The summed E-state index contributed by atoms with van der Waals surface area (Å²) < 4.78 is 39.7. The van der Waals surface area contributed by atoms with Crippen LogP contribution in [0.3, 0.4) is 0 Å². The van der Waals surface area contributed by atoms with E-state index in [4.69, 9.17) is 0 Å². The number of halogens is 3. The Labute approximate surface area is 129 Å². The van der Waals surface area contributed by atoms with Crippen molar-refractivity contribution in [2.45, 2.75) is 18.2 Å². The summed E-state index contributed by atoms with van der Waals surface area (Å²) in [5.74, 6) is -0.794. The fraction of sp³-hybridized carbons (Fsp3) is 0.188. The van der Waals surface area contributed by atoms with E-state index < -0.39 is 24.0 Å². The van der Waals surface area contributed by atoms with Crippen molar-refractivity contribution in [3.63, 3.8) is 0 Å². The third-order valence-corrected chi connectivity index (χ3v) is 3.96. The van der Waals surface area contributed by atoms with Gasteiger partial charge in [0.1, 0.15) is 0 Å². The summed E-state index contributed by atoms with van der Waals surface area (Å²) in [5, 5.41) is 11.9. The van der Waals surface area contributed by atoms with Crippen LogP contribution < -0.4 is 0 Å². The van der Waals surface area contributed by atoms with Crippen LogP contribution in [0.2, 0.25) is 0 Å². The minimum atomic E-state index is -4.94. The van der Waals surface area contributed by atoms with Gasteiger partial charge in [-0.1, -0.05) is 36.4 Å². The first-order chi connectivity index (χ1) is 10.3. The summed E-state index contributed by atoms with van der Waals surface area (Å²) in [7, 11) is 0. The molecule has 1 heterocycles. The second-order valence-electron chi connectivity index (χ2n) is 4.72. The van der Waals surface area contributed by atoms with E-state index in [1.807, 2.05) is 0 Å². The molecule has 0 spiro atoms. The lowest BCUT2D eigenvalue weighted by molar-refractivity contribution is -0.266. The molecule has 0 saturated carbocycles. The SMILES string of the molecule is O=C(C=Cc1cccs1)CC(O)(c1ccccc1)C(F)(F)F. The van der Waals surface area contributed by atoms with Crippen LogP contribution >= 0.6 is 11.3 Å². The van der Waals surface area contributed by atoms with Gasteiger partial charge in [0, 0.05) is 4.88 Å². The van der Waals surface area contributed by atoms with Gasteiger partial charge in [0.05, 0.1) is 6.42 Å². The first kappa shape index (κ1) is 16.5. The highest BCUT2D eigenvalue weighted by Gasteiger charge is 2.55. The summed E-state index contributed by atoms with van der Waals surface area (Å²) in [5.41, 5.74) is -3.54. The van der Waals surface area contributed by atoms with E-state index in [1.54, 1.807) is 23.6 Å². The lowest BCUT2D eigenvalue weighted by Crippen LogP contribution is -2.43. The number of carbonyl (C=O) groups is 1. The molecule has 2 aromatic rings. The number of carbonyl (C=O) groups excluding carboxylic acids is 1. The predicted octanol–water partition coefficient (Wildman–Crippen LogP) is 4.17. The molecule has 2 rings (SSSR count). The maximum Gasteiger partial charge on any atom is 0.421 e. The molecule has 1 aromatic carbocycles. The number of ketones is 1. The molecular formula is C16H13F3O2S. The summed E-state index contributed by atoms with van der Waals surface area (Å²) in [4.78, 5) is 12.6. The molecule has 1 unspecified atom stereocenters. The van der Waals surface area contributed by atoms with Crippen LogP contribution in [-0.4, -0.2) is 17.1 Å². The zero-order valence-electron chi connectivity index (χ0n) is 11.4. The second kappa shape index (κ2) is 6.46. The molecule has 1 aromatic heterocycles. The monoisotopic (exact) mass is 326 g/mol. The molecule has 0 aliphatic rings. The van der Waals surface area contributed by atoms with E-state index in [1.165, 1.54) is 29.5 Å². The van der Waals surface area contributed by atoms with Gasteiger partial charge < -0.3 is 5.11 Å². The van der Waals surface area contributed by atoms with Crippen molar-refractivity contribution in [1.29, 1.82) is 0 Å². The van der Waals surface area contributed by atoms with Crippen molar-refractivity contribution >= 4 is 23.2 Å². The molecule has 0 saturated heterocycles. The van der Waals surface area contributed by atoms with Crippen LogP contribution in [-0.2, 0) is 10.4 Å². The lowest BCUT2D eigenvalue weighted by atomic mass is 9.88. The highest BCUT2D eigenvalue weighted by molar-refractivity contribution is 7.10. The first-order valence-electron chi connectivity index (χ1n) is 6.42. The van der Waals surface area contributed by atoms with Crippen molar-refractivity contribution in [3.8, 4) is 0 Å². The predicted molar refractivity (Wildman–Crippen MR) is 79.4 cm³/mol. The number of hydrogen-bond donors (Lipinski definition) is 1. The quantitative estimate of drug-likeness (QED) is 0.837. The topological polar surface area (TPSA) is 37.3 Å². The van der Waals surface area contributed by atoms with E-state index in [0.717, 1.165) is 23.1 Å². The van der Waals surface area contributed by atoms with Gasteiger partial charge in [-0.3, -0.25) is 4.79 Å². The number of thiophene rings is 1. The Hall–Kier alpha value is -1.92. The summed E-state index contributed by atoms with van der Waals surface area (Å²) in [6, 6.07) is 10.1. The van der Waals surface area contributed by atoms with Crippen molar-refractivity contribution in [3.05, 3.63) is 64.4 Å². The highest BCUT2D eigenvalue weighted by Crippen LogP contribution is 2.41. The summed E-state index contributed by atoms with van der Waals surface area (Å²) in [6.45, 7) is 0. The van der Waals surface area contributed by atoms with Gasteiger partial charge in [-0.25, -0.2) is 0 Å². The fourth-order valence-electron chi connectivity index (χ4n) is 1.95. The van der Waals surface area contributed by atoms with Crippen LogP contribution in [0.1, 0.15) is 16.9 Å². The van der Waals surface area contributed by atoms with E-state index in [0.29, 0.717) is 0 Å². The number of allylic oxidation sites excluding steroid dienone is 1. The first-order valence-corrected chi connectivity index (χ1v) is 7.30. The molecule has 0 radical (unpaired) electrons. The summed E-state index contributed by atoms with van der Waals surface area (Å²) >= 11 is 1.36. The third kappa shape index (κ3) is 3.64. The van der Waals surface area contributed by atoms with Crippen LogP contribution in [0.15, 0.2) is 53.9 Å². The molecule has 22 heavy (non-hydrogen) atoms. The van der Waals surface area contributed by atoms with Gasteiger partial charge in [-0.2, -0.15) is 13.2 Å². The van der Waals surface area contributed by atoms with Crippen molar-refractivity contribution in [2.75, 3.05) is 0 Å². The molecule has 1 atom stereocenters. The number of rotatable bonds is 5. The largest absolute Gasteiger partial charge is 0.421 e. The summed E-state index contributed by atoms with van der Waals surface area (Å²) in [6.07, 6.45) is -3.50. The third-order valence-electron chi connectivity index (χ3n) is 3.13. The Bertz CT molecular complexity index is 648. The minimum Gasteiger partial charge on any atom is -0.376 e. The van der Waals surface area contributed by atoms with Crippen LogP contribution in [0.5, 0.6) is 0 Å². The van der Waals surface area contributed by atoms with Crippen molar-refractivity contribution in [1.82, 2.24) is 0 Å². The molecule has 0 aliphatic heterocycles. The molecule has 0 bridgehead atoms. The van der Waals surface area contributed by atoms with E-state index in [-0.39, 0.29) is 5.56 Å². The van der Waals surface area contributed by atoms with E-state index in [2.05, 4.69) is 0 Å². The molecule has 0 aliphatic carbocycles. The number of aliphatic hydroxyl groups is 1. The molecule has 0 fully saturated rings. The Balaban J connectivity index is 2.23. The van der Waals surface area contributed by atoms with Gasteiger partial charge in [-0.05, 0) is 29.2 Å². The van der Waals surface area contributed by atoms with Gasteiger partial charge in [0.2, 0.25) is 0 Å². The minimum absolute atomic E-state index is 0.347. The van der Waals surface area contributed by atoms with Gasteiger partial charge in [0.25, 0.3) is 0 Å². The van der Waals surface area contributed by atoms with E-state index in [9.17, 15) is 23.1 Å². The maximum absolute atomic E-state index is 13.2. The van der Waals surface area contributed by atoms with Crippen LogP contribution in [0.25, 0.3) is 6.08 Å². The van der Waals surface area contributed by atoms with Crippen LogP contribution in [0, 0.1) is 0 Å². The molecule has 6 heteroatoms. The van der Waals surface area contributed by atoms with Crippen molar-refractivity contribution < 1.29 is 23.1 Å². The fourth-order valence-corrected chi connectivity index (χ4v) is 2.57. The standard InChI is InChI=1S/C16H13F3O2S/c17-16(18,19)15(21,12-5-2-1-3-6-12)11-13(20)8-9-14-7-4-10-22-14/h1-10,21H,11H2. The number of benzene rings is 1. The average Bonchev–Trinajstić information content (AvgIpc) is 2.98. The van der Waals surface area contributed by atoms with Crippen molar-refractivity contribution in [2.24, 2.45) is 0 Å². The molecule has 116 valence electrons. The number of hydrogen-bond acceptors (Lipinski definition) is 3. The van der Waals surface area contributed by atoms with E-state index >= 15 is 0 Å². The molecular weight excluding hydrogens is 313 g/mol. The Morgan fingerprint density at radius 1 is 1.14 bits per heavy atom. The lowest BCUT2D eigenvalue weighted by Gasteiger charge is -2.30. The highest BCUT2D eigenvalue weighted by atomic mass is 32.1. The Morgan fingerprint density at radius 3 is 2.36 bits per heavy atom. The Kier molecular flexibility index (Phi) is 4.83. The van der Waals surface area contributed by atoms with Gasteiger partial charge >= 0.3 is 6.18 Å². The Morgan fingerprint density at radius 2 is 1.82 bits per heavy atom. The second-order valence-corrected chi connectivity index (χ2v) is 5.70. The molecule has 2 nitrogen and oxygen atoms in total. The maximum atomic E-state index is 13.2.